The van der Waals surface area contributed by atoms with E-state index in [1.165, 1.54) is 25.2 Å². The van der Waals surface area contributed by atoms with Crippen molar-refractivity contribution in [1.82, 2.24) is 10.4 Å². The average molecular weight is 408 g/mol. The van der Waals surface area contributed by atoms with E-state index in [-0.39, 0.29) is 17.8 Å². The molecule has 0 spiro atoms. The summed E-state index contributed by atoms with van der Waals surface area (Å²) in [6, 6.07) is 9.19. The van der Waals surface area contributed by atoms with Crippen molar-refractivity contribution >= 4 is 23.1 Å². The lowest BCUT2D eigenvalue weighted by Gasteiger charge is -2.16. The third kappa shape index (κ3) is 6.11. The van der Waals surface area contributed by atoms with Gasteiger partial charge in [0, 0.05) is 35.6 Å². The van der Waals surface area contributed by atoms with Crippen molar-refractivity contribution in [1.29, 1.82) is 0 Å². The van der Waals surface area contributed by atoms with E-state index in [0.29, 0.717) is 22.5 Å². The molecule has 0 aliphatic carbocycles. The number of amides is 1. The molecule has 10 heteroatoms. The maximum atomic E-state index is 12.7. The Kier molecular flexibility index (Phi) is 6.70. The van der Waals surface area contributed by atoms with Gasteiger partial charge in [-0.3, -0.25) is 4.79 Å². The van der Waals surface area contributed by atoms with Gasteiger partial charge in [0.25, 0.3) is 5.91 Å². The number of halogens is 3. The van der Waals surface area contributed by atoms with Crippen molar-refractivity contribution in [2.75, 3.05) is 12.4 Å². The van der Waals surface area contributed by atoms with Gasteiger partial charge in [0.05, 0.1) is 5.56 Å². The molecule has 0 radical (unpaired) electrons. The highest BCUT2D eigenvalue weighted by Gasteiger charge is 2.30. The Morgan fingerprint density at radius 3 is 2.28 bits per heavy atom. The molecule has 0 saturated heterocycles. The van der Waals surface area contributed by atoms with Gasteiger partial charge in [-0.2, -0.15) is 13.2 Å². The molecule has 2 aromatic carbocycles. The van der Waals surface area contributed by atoms with Crippen LogP contribution >= 0.6 is 0 Å². The van der Waals surface area contributed by atoms with Crippen LogP contribution in [0.5, 0.6) is 0 Å². The molecule has 1 amide bonds. The third-order valence-electron chi connectivity index (χ3n) is 3.73. The number of carbonyl (C=O) groups is 1. The van der Waals surface area contributed by atoms with Gasteiger partial charge < -0.3 is 16.4 Å². The van der Waals surface area contributed by atoms with Gasteiger partial charge in [-0.15, -0.1) is 5.10 Å². The lowest BCUT2D eigenvalue weighted by atomic mass is 10.1. The number of nitrogens with zero attached hydrogens (tertiary/aromatic N) is 2. The molecule has 0 bridgehead atoms. The maximum absolute atomic E-state index is 12.7. The molecule has 7 nitrogen and oxygen atoms in total. The van der Waals surface area contributed by atoms with Gasteiger partial charge >= 0.3 is 6.18 Å². The van der Waals surface area contributed by atoms with E-state index >= 15 is 0 Å². The Hall–Kier alpha value is -3.27. The lowest BCUT2D eigenvalue weighted by Crippen LogP contribution is -2.30. The van der Waals surface area contributed by atoms with Crippen molar-refractivity contribution in [3.8, 4) is 0 Å². The standard InChI is InChI=1S/C19H23F3N6O/c1-11(2)25-18(29)12-4-9-16(15(10-12)17(23)27-28(3)24)26-14-7-5-13(6-8-14)19(20,21)22/h4-11,26H,24H2,1-3H3,(H2,23,27)(H,25,29). The molecule has 0 fully saturated rings. The first-order valence-electron chi connectivity index (χ1n) is 8.69. The van der Waals surface area contributed by atoms with Crippen molar-refractivity contribution in [3.05, 3.63) is 59.2 Å². The molecular formula is C19H23F3N6O. The first kappa shape index (κ1) is 22.0. The number of hydrogen-bond acceptors (Lipinski definition) is 5. The van der Waals surface area contributed by atoms with Crippen LogP contribution in [-0.2, 0) is 6.18 Å². The highest BCUT2D eigenvalue weighted by molar-refractivity contribution is 6.05. The van der Waals surface area contributed by atoms with Crippen LogP contribution in [0.4, 0.5) is 24.5 Å². The zero-order valence-electron chi connectivity index (χ0n) is 16.2. The smallest absolute Gasteiger partial charge is 0.382 e. The number of carbonyl (C=O) groups excluding carboxylic acids is 1. The van der Waals surface area contributed by atoms with Crippen LogP contribution in [0.15, 0.2) is 47.6 Å². The number of hydrazine groups is 1. The molecule has 2 rings (SSSR count). The average Bonchev–Trinajstić information content (AvgIpc) is 2.60. The molecule has 0 saturated carbocycles. The van der Waals surface area contributed by atoms with E-state index in [0.717, 1.165) is 17.3 Å². The fourth-order valence-electron chi connectivity index (χ4n) is 2.47. The molecule has 0 atom stereocenters. The van der Waals surface area contributed by atoms with E-state index < -0.39 is 11.7 Å². The number of hydrogen-bond donors (Lipinski definition) is 4. The normalized spacial score (nSPS) is 12.1. The summed E-state index contributed by atoms with van der Waals surface area (Å²) in [4.78, 5) is 12.3. The van der Waals surface area contributed by atoms with Gasteiger partial charge in [0.15, 0.2) is 5.84 Å². The summed E-state index contributed by atoms with van der Waals surface area (Å²) in [5.41, 5.74) is 6.84. The van der Waals surface area contributed by atoms with E-state index in [1.54, 1.807) is 12.1 Å². The SMILES string of the molecule is CC(C)NC(=O)c1ccc(Nc2ccc(C(F)(F)F)cc2)c(/C(N)=N/N(C)N)c1. The van der Waals surface area contributed by atoms with Gasteiger partial charge in [-0.1, -0.05) is 0 Å². The lowest BCUT2D eigenvalue weighted by molar-refractivity contribution is -0.137. The summed E-state index contributed by atoms with van der Waals surface area (Å²) in [5, 5.41) is 10.7. The minimum absolute atomic E-state index is 0.0311. The fourth-order valence-corrected chi connectivity index (χ4v) is 2.47. The molecule has 0 aliphatic rings. The monoisotopic (exact) mass is 408 g/mol. The third-order valence-corrected chi connectivity index (χ3v) is 3.73. The predicted molar refractivity (Wildman–Crippen MR) is 106 cm³/mol. The number of hydrazone groups is 1. The zero-order valence-corrected chi connectivity index (χ0v) is 16.2. The van der Waals surface area contributed by atoms with Crippen molar-refractivity contribution in [3.63, 3.8) is 0 Å². The van der Waals surface area contributed by atoms with Crippen LogP contribution in [0.25, 0.3) is 0 Å². The molecule has 2 aromatic rings. The Bertz CT molecular complexity index is 892. The van der Waals surface area contributed by atoms with E-state index in [4.69, 9.17) is 11.6 Å². The Labute approximate surface area is 166 Å². The minimum atomic E-state index is -4.42. The second-order valence-electron chi connectivity index (χ2n) is 6.65. The van der Waals surface area contributed by atoms with Crippen LogP contribution in [0.2, 0.25) is 0 Å². The minimum Gasteiger partial charge on any atom is -0.382 e. The highest BCUT2D eigenvalue weighted by Crippen LogP contribution is 2.31. The van der Waals surface area contributed by atoms with Crippen molar-refractivity contribution in [2.24, 2.45) is 16.7 Å². The number of nitrogens with one attached hydrogen (secondary N) is 2. The predicted octanol–water partition coefficient (Wildman–Crippen LogP) is 3.01. The quantitative estimate of drug-likeness (QED) is 0.254. The largest absolute Gasteiger partial charge is 0.416 e. The summed E-state index contributed by atoms with van der Waals surface area (Å²) in [7, 11) is 1.48. The molecular weight excluding hydrogens is 385 g/mol. The maximum Gasteiger partial charge on any atom is 0.416 e. The number of anilines is 2. The van der Waals surface area contributed by atoms with Crippen LogP contribution in [0, 0.1) is 0 Å². The Morgan fingerprint density at radius 2 is 1.76 bits per heavy atom. The molecule has 0 heterocycles. The topological polar surface area (TPSA) is 109 Å². The fraction of sp³-hybridized carbons (Fsp3) is 0.263. The van der Waals surface area contributed by atoms with Crippen LogP contribution in [0.3, 0.4) is 0 Å². The zero-order chi connectivity index (χ0) is 21.8. The summed E-state index contributed by atoms with van der Waals surface area (Å²) < 4.78 is 38.2. The molecule has 0 aromatic heterocycles. The van der Waals surface area contributed by atoms with E-state index in [1.807, 2.05) is 13.8 Å². The summed E-state index contributed by atoms with van der Waals surface area (Å²) in [6.45, 7) is 3.66. The summed E-state index contributed by atoms with van der Waals surface area (Å²) in [5.74, 6) is 5.25. The van der Waals surface area contributed by atoms with Crippen molar-refractivity contribution < 1.29 is 18.0 Å². The first-order chi connectivity index (χ1) is 13.5. The van der Waals surface area contributed by atoms with E-state index in [9.17, 15) is 18.0 Å². The van der Waals surface area contributed by atoms with Gasteiger partial charge in [0.2, 0.25) is 0 Å². The number of alkyl halides is 3. The molecule has 0 unspecified atom stereocenters. The van der Waals surface area contributed by atoms with E-state index in [2.05, 4.69) is 15.7 Å². The van der Waals surface area contributed by atoms with Crippen LogP contribution in [-0.4, -0.2) is 30.0 Å². The van der Waals surface area contributed by atoms with Crippen molar-refractivity contribution in [2.45, 2.75) is 26.1 Å². The first-order valence-corrected chi connectivity index (χ1v) is 8.69. The number of amidine groups is 1. The van der Waals surface area contributed by atoms with Crippen LogP contribution < -0.4 is 22.2 Å². The molecule has 29 heavy (non-hydrogen) atoms. The number of rotatable bonds is 6. The molecule has 0 aliphatic heterocycles. The van der Waals surface area contributed by atoms with Crippen LogP contribution in [0.1, 0.15) is 35.3 Å². The van der Waals surface area contributed by atoms with Gasteiger partial charge in [-0.25, -0.2) is 11.0 Å². The van der Waals surface area contributed by atoms with Gasteiger partial charge in [-0.05, 0) is 56.3 Å². The molecule has 6 N–H and O–H groups in total. The molecule has 156 valence electrons. The number of nitrogens with two attached hydrogens (primary N) is 2. The summed E-state index contributed by atoms with van der Waals surface area (Å²) >= 11 is 0. The second kappa shape index (κ2) is 8.82. The second-order valence-corrected chi connectivity index (χ2v) is 6.65. The Morgan fingerprint density at radius 1 is 1.14 bits per heavy atom. The Balaban J connectivity index is 2.40. The number of benzene rings is 2. The highest BCUT2D eigenvalue weighted by atomic mass is 19.4. The summed E-state index contributed by atoms with van der Waals surface area (Å²) in [6.07, 6.45) is -4.42. The van der Waals surface area contributed by atoms with Gasteiger partial charge in [0.1, 0.15) is 0 Å².